The molecular weight excluding hydrogens is 218 g/mol. The van der Waals surface area contributed by atoms with E-state index in [0.29, 0.717) is 0 Å². The maximum absolute atomic E-state index is 5.11. The maximum Gasteiger partial charge on any atom is 0.0107 e. The number of hydrogen-bond donors (Lipinski definition) is 1. The van der Waals surface area contributed by atoms with E-state index in [1.165, 1.54) is 83.5 Å². The summed E-state index contributed by atoms with van der Waals surface area (Å²) in [4.78, 5) is 0. The van der Waals surface area contributed by atoms with Crippen LogP contribution in [0.25, 0.3) is 0 Å². The second kappa shape index (κ2) is 16.4. The highest BCUT2D eigenvalue weighted by Gasteiger charge is 1.93. The molecule has 0 aromatic rings. The number of unbranched alkanes of at least 4 members (excludes halogenated alkanes) is 13. The van der Waals surface area contributed by atoms with Crippen LogP contribution < -0.4 is 5.73 Å². The van der Waals surface area contributed by atoms with E-state index < -0.39 is 0 Å². The van der Waals surface area contributed by atoms with Gasteiger partial charge >= 0.3 is 0 Å². The normalized spacial score (nSPS) is 10.1. The summed E-state index contributed by atoms with van der Waals surface area (Å²) in [5, 5.41) is 0. The lowest BCUT2D eigenvalue weighted by Crippen LogP contribution is -1.83. The van der Waals surface area contributed by atoms with Gasteiger partial charge in [0, 0.05) is 12.5 Å². The van der Waals surface area contributed by atoms with E-state index in [1.807, 2.05) is 0 Å². The van der Waals surface area contributed by atoms with Crippen molar-refractivity contribution in [1.29, 1.82) is 0 Å². The van der Waals surface area contributed by atoms with Gasteiger partial charge in [0.15, 0.2) is 0 Å². The standard InChI is InChI=1S/C17H33N/c1-2-3-4-5-6-7-8-9-10-11-12-13-14-15-16-17-18/h2-15,18H2,1H3. The molecule has 0 saturated heterocycles. The van der Waals surface area contributed by atoms with E-state index in [9.17, 15) is 0 Å². The Bertz CT molecular complexity index is 199. The Balaban J connectivity index is 2.92. The third-order valence-electron chi connectivity index (χ3n) is 3.51. The zero-order chi connectivity index (χ0) is 13.3. The van der Waals surface area contributed by atoms with E-state index in [-0.39, 0.29) is 0 Å². The van der Waals surface area contributed by atoms with Crippen LogP contribution in [0.1, 0.15) is 96.8 Å². The summed E-state index contributed by atoms with van der Waals surface area (Å²) in [7, 11) is 0. The fourth-order valence-electron chi connectivity index (χ4n) is 2.30. The summed E-state index contributed by atoms with van der Waals surface area (Å²) in [5.41, 5.74) is 5.11. The van der Waals surface area contributed by atoms with Crippen molar-refractivity contribution in [3.05, 3.63) is 0 Å². The quantitative estimate of drug-likeness (QED) is 0.265. The van der Waals surface area contributed by atoms with Crippen molar-refractivity contribution in [2.45, 2.75) is 96.8 Å². The molecule has 0 aromatic carbocycles. The van der Waals surface area contributed by atoms with Crippen molar-refractivity contribution in [3.63, 3.8) is 0 Å². The SMILES string of the molecule is CCCCCCCCCCCCCCCC#CN. The van der Waals surface area contributed by atoms with Crippen molar-refractivity contribution >= 4 is 0 Å². The van der Waals surface area contributed by atoms with Gasteiger partial charge in [-0.2, -0.15) is 0 Å². The zero-order valence-electron chi connectivity index (χ0n) is 12.5. The fraction of sp³-hybridized carbons (Fsp3) is 0.882. The van der Waals surface area contributed by atoms with Crippen molar-refractivity contribution in [3.8, 4) is 12.0 Å². The molecule has 0 aliphatic heterocycles. The molecule has 0 spiro atoms. The fourth-order valence-corrected chi connectivity index (χ4v) is 2.30. The van der Waals surface area contributed by atoms with Crippen LogP contribution in [0.4, 0.5) is 0 Å². The molecule has 2 N–H and O–H groups in total. The molecule has 18 heavy (non-hydrogen) atoms. The molecular formula is C17H33N. The molecule has 0 aliphatic rings. The first-order chi connectivity index (χ1) is 8.91. The van der Waals surface area contributed by atoms with E-state index in [1.54, 1.807) is 0 Å². The van der Waals surface area contributed by atoms with Crippen LogP contribution in [-0.4, -0.2) is 0 Å². The Hall–Kier alpha value is -0.640. The minimum atomic E-state index is 0.980. The third kappa shape index (κ3) is 15.4. The summed E-state index contributed by atoms with van der Waals surface area (Å²) in [6, 6.07) is 2.46. The number of rotatable bonds is 13. The van der Waals surface area contributed by atoms with E-state index in [4.69, 9.17) is 5.73 Å². The average molecular weight is 251 g/mol. The van der Waals surface area contributed by atoms with Gasteiger partial charge in [0.1, 0.15) is 0 Å². The molecule has 0 rings (SSSR count). The van der Waals surface area contributed by atoms with Crippen molar-refractivity contribution in [1.82, 2.24) is 0 Å². The first-order valence-corrected chi connectivity index (χ1v) is 8.10. The molecule has 0 aliphatic carbocycles. The smallest absolute Gasteiger partial charge is 0.0107 e. The van der Waals surface area contributed by atoms with Gasteiger partial charge in [-0.1, -0.05) is 89.9 Å². The first-order valence-electron chi connectivity index (χ1n) is 8.10. The van der Waals surface area contributed by atoms with Crippen molar-refractivity contribution in [2.75, 3.05) is 0 Å². The van der Waals surface area contributed by atoms with Crippen molar-refractivity contribution < 1.29 is 0 Å². The number of nitrogens with two attached hydrogens (primary N) is 1. The summed E-state index contributed by atoms with van der Waals surface area (Å²) in [5.74, 6) is 2.92. The summed E-state index contributed by atoms with van der Waals surface area (Å²) < 4.78 is 0. The first kappa shape index (κ1) is 17.4. The molecule has 1 nitrogen and oxygen atoms in total. The van der Waals surface area contributed by atoms with Gasteiger partial charge in [-0.15, -0.1) is 0 Å². The molecule has 106 valence electrons. The topological polar surface area (TPSA) is 26.0 Å². The van der Waals surface area contributed by atoms with Gasteiger partial charge in [-0.3, -0.25) is 0 Å². The lowest BCUT2D eigenvalue weighted by molar-refractivity contribution is 0.540. The minimum absolute atomic E-state index is 0.980. The van der Waals surface area contributed by atoms with E-state index >= 15 is 0 Å². The van der Waals surface area contributed by atoms with Gasteiger partial charge in [-0.05, 0) is 6.42 Å². The number of hydrogen-bond acceptors (Lipinski definition) is 1. The van der Waals surface area contributed by atoms with Crippen LogP contribution in [0.3, 0.4) is 0 Å². The van der Waals surface area contributed by atoms with E-state index in [2.05, 4.69) is 18.9 Å². The summed E-state index contributed by atoms with van der Waals surface area (Å²) >= 11 is 0. The van der Waals surface area contributed by atoms with Gasteiger partial charge in [-0.25, -0.2) is 0 Å². The van der Waals surface area contributed by atoms with Crippen LogP contribution in [0.5, 0.6) is 0 Å². The largest absolute Gasteiger partial charge is 0.359 e. The Morgan fingerprint density at radius 2 is 1.00 bits per heavy atom. The molecule has 0 unspecified atom stereocenters. The molecule has 0 radical (unpaired) electrons. The lowest BCUT2D eigenvalue weighted by Gasteiger charge is -2.02. The molecule has 0 bridgehead atoms. The molecule has 0 aromatic heterocycles. The maximum atomic E-state index is 5.11. The van der Waals surface area contributed by atoms with Crippen LogP contribution in [-0.2, 0) is 0 Å². The Kier molecular flexibility index (Phi) is 15.8. The molecule has 0 amide bonds. The zero-order valence-corrected chi connectivity index (χ0v) is 12.5. The Labute approximate surface area is 115 Å². The Morgan fingerprint density at radius 1 is 0.611 bits per heavy atom. The second-order valence-corrected chi connectivity index (χ2v) is 5.31. The van der Waals surface area contributed by atoms with Gasteiger partial charge in [0.2, 0.25) is 0 Å². The molecule has 0 heterocycles. The predicted octanol–water partition coefficient (Wildman–Crippen LogP) is 5.39. The Morgan fingerprint density at radius 3 is 1.39 bits per heavy atom. The molecule has 0 atom stereocenters. The second-order valence-electron chi connectivity index (χ2n) is 5.31. The highest BCUT2D eigenvalue weighted by atomic mass is 14.4. The van der Waals surface area contributed by atoms with Gasteiger partial charge < -0.3 is 5.73 Å². The third-order valence-corrected chi connectivity index (χ3v) is 3.51. The highest BCUT2D eigenvalue weighted by Crippen LogP contribution is 2.12. The molecule has 0 saturated carbocycles. The van der Waals surface area contributed by atoms with Crippen LogP contribution in [0, 0.1) is 12.0 Å². The van der Waals surface area contributed by atoms with Crippen LogP contribution >= 0.6 is 0 Å². The monoisotopic (exact) mass is 251 g/mol. The predicted molar refractivity (Wildman–Crippen MR) is 82.3 cm³/mol. The summed E-state index contributed by atoms with van der Waals surface area (Å²) in [6.07, 6.45) is 19.2. The summed E-state index contributed by atoms with van der Waals surface area (Å²) in [6.45, 7) is 2.28. The van der Waals surface area contributed by atoms with Crippen molar-refractivity contribution in [2.24, 2.45) is 5.73 Å². The van der Waals surface area contributed by atoms with Crippen LogP contribution in [0.2, 0.25) is 0 Å². The van der Waals surface area contributed by atoms with E-state index in [0.717, 1.165) is 6.42 Å². The van der Waals surface area contributed by atoms with Gasteiger partial charge in [0.05, 0.1) is 0 Å². The highest BCUT2D eigenvalue weighted by molar-refractivity contribution is 4.93. The lowest BCUT2D eigenvalue weighted by atomic mass is 10.0. The molecule has 1 heteroatoms. The minimum Gasteiger partial charge on any atom is -0.359 e. The average Bonchev–Trinajstić information content (AvgIpc) is 2.39. The molecule has 0 fully saturated rings. The van der Waals surface area contributed by atoms with Crippen LogP contribution in [0.15, 0.2) is 0 Å². The van der Waals surface area contributed by atoms with Gasteiger partial charge in [0.25, 0.3) is 0 Å².